The number of hydrogen-bond donors (Lipinski definition) is 2. The first-order chi connectivity index (χ1) is 9.30. The molecule has 0 aliphatic carbocycles. The van der Waals surface area contributed by atoms with Crippen LogP contribution >= 0.6 is 11.3 Å². The lowest BCUT2D eigenvalue weighted by atomic mass is 9.91. The van der Waals surface area contributed by atoms with E-state index in [0.717, 1.165) is 31.5 Å². The van der Waals surface area contributed by atoms with Gasteiger partial charge < -0.3 is 5.32 Å². The van der Waals surface area contributed by atoms with Gasteiger partial charge in [0.05, 0.1) is 0 Å². The van der Waals surface area contributed by atoms with Gasteiger partial charge in [-0.2, -0.15) is 0 Å². The molecule has 1 rings (SSSR count). The molecular weight excluding hydrogens is 292 g/mol. The summed E-state index contributed by atoms with van der Waals surface area (Å²) in [7, 11) is -3.37. The molecule has 0 saturated carbocycles. The summed E-state index contributed by atoms with van der Waals surface area (Å²) in [5.74, 6) is 0. The Morgan fingerprint density at radius 1 is 1.30 bits per heavy atom. The molecule has 0 aromatic carbocycles. The van der Waals surface area contributed by atoms with Crippen LogP contribution in [-0.4, -0.2) is 21.5 Å². The third-order valence-electron chi connectivity index (χ3n) is 3.35. The summed E-state index contributed by atoms with van der Waals surface area (Å²) >= 11 is 1.28. The highest BCUT2D eigenvalue weighted by Gasteiger charge is 2.21. The monoisotopic (exact) mass is 318 g/mol. The van der Waals surface area contributed by atoms with Crippen molar-refractivity contribution in [2.75, 3.05) is 13.1 Å². The van der Waals surface area contributed by atoms with Gasteiger partial charge in [-0.3, -0.25) is 0 Å². The molecule has 0 saturated heterocycles. The van der Waals surface area contributed by atoms with Crippen LogP contribution in [0.1, 0.15) is 46.1 Å². The number of rotatable bonds is 9. The van der Waals surface area contributed by atoms with E-state index in [9.17, 15) is 8.42 Å². The summed E-state index contributed by atoms with van der Waals surface area (Å²) < 4.78 is 27.5. The molecule has 1 aromatic rings. The highest BCUT2D eigenvalue weighted by Crippen LogP contribution is 2.22. The van der Waals surface area contributed by atoms with E-state index >= 15 is 0 Å². The molecule has 116 valence electrons. The highest BCUT2D eigenvalue weighted by molar-refractivity contribution is 7.91. The van der Waals surface area contributed by atoms with Crippen LogP contribution in [0.4, 0.5) is 0 Å². The molecule has 0 radical (unpaired) electrons. The minimum atomic E-state index is -3.37. The predicted molar refractivity (Wildman–Crippen MR) is 85.6 cm³/mol. The van der Waals surface area contributed by atoms with Gasteiger partial charge in [0.1, 0.15) is 4.21 Å². The van der Waals surface area contributed by atoms with Gasteiger partial charge in [-0.25, -0.2) is 13.1 Å². The zero-order valence-electron chi connectivity index (χ0n) is 12.8. The van der Waals surface area contributed by atoms with Crippen molar-refractivity contribution < 1.29 is 8.42 Å². The zero-order valence-corrected chi connectivity index (χ0v) is 14.5. The Labute approximate surface area is 127 Å². The van der Waals surface area contributed by atoms with Crippen LogP contribution in [0, 0.1) is 5.41 Å². The Kier molecular flexibility index (Phi) is 6.64. The lowest BCUT2D eigenvalue weighted by Gasteiger charge is -2.22. The van der Waals surface area contributed by atoms with Crippen molar-refractivity contribution in [2.45, 2.75) is 51.3 Å². The molecule has 0 bridgehead atoms. The van der Waals surface area contributed by atoms with Crippen LogP contribution in [-0.2, 0) is 16.6 Å². The van der Waals surface area contributed by atoms with Crippen LogP contribution in [0.25, 0.3) is 0 Å². The Hall–Kier alpha value is -0.430. The second-order valence-electron chi connectivity index (χ2n) is 5.79. The maximum atomic E-state index is 12.2. The topological polar surface area (TPSA) is 58.2 Å². The first-order valence-corrected chi connectivity index (χ1v) is 9.45. The molecule has 0 fully saturated rings. The molecule has 1 aromatic heterocycles. The molecule has 2 N–H and O–H groups in total. The van der Waals surface area contributed by atoms with Gasteiger partial charge in [0.25, 0.3) is 0 Å². The fraction of sp³-hybridized carbons (Fsp3) is 0.714. The Balaban J connectivity index is 2.64. The van der Waals surface area contributed by atoms with Crippen molar-refractivity contribution in [3.63, 3.8) is 0 Å². The van der Waals surface area contributed by atoms with E-state index in [0.29, 0.717) is 10.8 Å². The van der Waals surface area contributed by atoms with E-state index in [1.54, 1.807) is 6.07 Å². The van der Waals surface area contributed by atoms with Crippen LogP contribution in [0.2, 0.25) is 0 Å². The molecule has 4 nitrogen and oxygen atoms in total. The summed E-state index contributed by atoms with van der Waals surface area (Å²) in [6, 6.07) is 1.76. The number of hydrogen-bond acceptors (Lipinski definition) is 4. The van der Waals surface area contributed by atoms with Crippen molar-refractivity contribution in [3.8, 4) is 0 Å². The van der Waals surface area contributed by atoms with E-state index in [1.807, 2.05) is 5.38 Å². The van der Waals surface area contributed by atoms with E-state index in [4.69, 9.17) is 0 Å². The van der Waals surface area contributed by atoms with Gasteiger partial charge in [0, 0.05) is 13.1 Å². The Morgan fingerprint density at radius 3 is 2.60 bits per heavy atom. The number of sulfonamides is 1. The predicted octanol–water partition coefficient (Wildman–Crippen LogP) is 2.96. The Morgan fingerprint density at radius 2 is 2.00 bits per heavy atom. The standard InChI is InChI=1S/C14H26N2O2S2/c1-5-7-15-9-12-8-13(19-10-12)20(17,18)16-11-14(3,4)6-2/h8,10,15-16H,5-7,9,11H2,1-4H3. The average Bonchev–Trinajstić information content (AvgIpc) is 2.87. The lowest BCUT2D eigenvalue weighted by Crippen LogP contribution is -2.33. The van der Waals surface area contributed by atoms with Crippen molar-refractivity contribution in [1.82, 2.24) is 10.0 Å². The SMILES string of the molecule is CCCNCc1csc(S(=O)(=O)NCC(C)(C)CC)c1. The van der Waals surface area contributed by atoms with Gasteiger partial charge in [-0.15, -0.1) is 11.3 Å². The molecule has 1 heterocycles. The second kappa shape index (κ2) is 7.54. The highest BCUT2D eigenvalue weighted by atomic mass is 32.2. The van der Waals surface area contributed by atoms with E-state index in [1.165, 1.54) is 11.3 Å². The fourth-order valence-electron chi connectivity index (χ4n) is 1.48. The normalized spacial score (nSPS) is 12.8. The fourth-order valence-corrected chi connectivity index (χ4v) is 3.98. The van der Waals surface area contributed by atoms with Crippen molar-refractivity contribution in [1.29, 1.82) is 0 Å². The quantitative estimate of drug-likeness (QED) is 0.688. The van der Waals surface area contributed by atoms with E-state index < -0.39 is 10.0 Å². The maximum absolute atomic E-state index is 12.2. The number of nitrogens with one attached hydrogen (secondary N) is 2. The van der Waals surface area contributed by atoms with Gasteiger partial charge in [0.15, 0.2) is 0 Å². The molecule has 0 aliphatic heterocycles. The van der Waals surface area contributed by atoms with Crippen LogP contribution in [0.5, 0.6) is 0 Å². The first-order valence-electron chi connectivity index (χ1n) is 7.08. The van der Waals surface area contributed by atoms with E-state index in [-0.39, 0.29) is 5.41 Å². The minimum Gasteiger partial charge on any atom is -0.313 e. The molecule has 6 heteroatoms. The molecule has 0 unspecified atom stereocenters. The van der Waals surface area contributed by atoms with Crippen LogP contribution in [0.15, 0.2) is 15.7 Å². The van der Waals surface area contributed by atoms with Gasteiger partial charge in [0.2, 0.25) is 10.0 Å². The molecular formula is C14H26N2O2S2. The van der Waals surface area contributed by atoms with Gasteiger partial charge in [-0.1, -0.05) is 27.7 Å². The van der Waals surface area contributed by atoms with E-state index in [2.05, 4.69) is 37.7 Å². The van der Waals surface area contributed by atoms with Crippen LogP contribution in [0.3, 0.4) is 0 Å². The van der Waals surface area contributed by atoms with Crippen molar-refractivity contribution in [2.24, 2.45) is 5.41 Å². The maximum Gasteiger partial charge on any atom is 0.250 e. The summed E-state index contributed by atoms with van der Waals surface area (Å²) in [6.45, 7) is 10.4. The first kappa shape index (κ1) is 17.6. The minimum absolute atomic E-state index is 0.0180. The molecule has 0 aliphatic rings. The summed E-state index contributed by atoms with van der Waals surface area (Å²) in [4.78, 5) is 0. The van der Waals surface area contributed by atoms with Crippen molar-refractivity contribution >= 4 is 21.4 Å². The molecule has 0 amide bonds. The largest absolute Gasteiger partial charge is 0.313 e. The summed E-state index contributed by atoms with van der Waals surface area (Å²) in [5.41, 5.74) is 1.01. The summed E-state index contributed by atoms with van der Waals surface area (Å²) in [6.07, 6.45) is 2.01. The Bertz CT molecular complexity index is 507. The third kappa shape index (κ3) is 5.52. The van der Waals surface area contributed by atoms with Crippen molar-refractivity contribution in [3.05, 3.63) is 17.0 Å². The smallest absolute Gasteiger partial charge is 0.250 e. The average molecular weight is 319 g/mol. The number of thiophene rings is 1. The second-order valence-corrected chi connectivity index (χ2v) is 8.70. The molecule has 0 spiro atoms. The van der Waals surface area contributed by atoms with Gasteiger partial charge in [-0.05, 0) is 41.8 Å². The summed E-state index contributed by atoms with van der Waals surface area (Å²) in [5, 5.41) is 5.18. The van der Waals surface area contributed by atoms with Crippen LogP contribution < -0.4 is 10.0 Å². The van der Waals surface area contributed by atoms with Gasteiger partial charge >= 0.3 is 0 Å². The molecule has 0 atom stereocenters. The zero-order chi connectivity index (χ0) is 15.2. The molecule has 20 heavy (non-hydrogen) atoms. The third-order valence-corrected chi connectivity index (χ3v) is 6.24. The lowest BCUT2D eigenvalue weighted by molar-refractivity contribution is 0.350.